The third-order valence-corrected chi connectivity index (χ3v) is 4.54. The Hall–Kier alpha value is -2.66. The highest BCUT2D eigenvalue weighted by atomic mass is 35.5. The number of hydrogen-bond donors (Lipinski definition) is 0. The summed E-state index contributed by atoms with van der Waals surface area (Å²) >= 11 is 6.02. The van der Waals surface area contributed by atoms with E-state index < -0.39 is 0 Å². The van der Waals surface area contributed by atoms with Crippen molar-refractivity contribution in [3.05, 3.63) is 71.1 Å². The van der Waals surface area contributed by atoms with Crippen LogP contribution in [0.15, 0.2) is 59.1 Å². The number of hydrogen-bond acceptors (Lipinski definition) is 4. The Labute approximate surface area is 150 Å². The molecule has 0 radical (unpaired) electrons. The second-order valence-corrected chi connectivity index (χ2v) is 6.56. The molecule has 1 aliphatic heterocycles. The summed E-state index contributed by atoms with van der Waals surface area (Å²) in [5, 5.41) is 4.71. The number of carbonyl (C=O) groups excluding carboxylic acids is 1. The van der Waals surface area contributed by atoms with Gasteiger partial charge in [-0.15, -0.1) is 0 Å². The van der Waals surface area contributed by atoms with Gasteiger partial charge in [0.1, 0.15) is 0 Å². The average Bonchev–Trinajstić information content (AvgIpc) is 3.23. The smallest absolute Gasteiger partial charge is 0.232 e. The van der Waals surface area contributed by atoms with Crippen LogP contribution < -0.4 is 0 Å². The van der Waals surface area contributed by atoms with E-state index in [1.54, 1.807) is 0 Å². The molecule has 2 aromatic carbocycles. The van der Waals surface area contributed by atoms with Gasteiger partial charge in [-0.3, -0.25) is 4.79 Å². The topological polar surface area (TPSA) is 59.2 Å². The Morgan fingerprint density at radius 1 is 1.16 bits per heavy atom. The normalized spacial score (nSPS) is 17.2. The van der Waals surface area contributed by atoms with E-state index >= 15 is 0 Å². The maximum Gasteiger partial charge on any atom is 0.232 e. The first kappa shape index (κ1) is 15.8. The lowest BCUT2D eigenvalue weighted by Crippen LogP contribution is -2.24. The van der Waals surface area contributed by atoms with Crippen LogP contribution in [0.5, 0.6) is 0 Å². The Balaban J connectivity index is 1.48. The number of halogens is 1. The summed E-state index contributed by atoms with van der Waals surface area (Å²) in [7, 11) is 0. The fourth-order valence-corrected chi connectivity index (χ4v) is 3.26. The first-order chi connectivity index (χ1) is 12.2. The molecule has 4 rings (SSSR count). The van der Waals surface area contributed by atoms with E-state index in [0.29, 0.717) is 36.2 Å². The highest BCUT2D eigenvalue weighted by molar-refractivity contribution is 6.30. The molecule has 2 heterocycles. The number of likely N-dealkylation sites (tertiary alicyclic amines) is 1. The molecule has 0 N–H and O–H groups in total. The zero-order valence-corrected chi connectivity index (χ0v) is 14.2. The van der Waals surface area contributed by atoms with Gasteiger partial charge in [-0.05, 0) is 17.7 Å². The molecule has 1 unspecified atom stereocenters. The fourth-order valence-electron chi connectivity index (χ4n) is 3.05. The lowest BCUT2D eigenvalue weighted by atomic mass is 10.1. The standard InChI is InChI=1S/C19H16ClN3O2/c20-16-8-4-5-13(9-16)11-23-12-15(10-17(23)24)19-21-18(22-25-19)14-6-2-1-3-7-14/h1-9,15H,10-12H2. The third kappa shape index (κ3) is 3.42. The van der Waals surface area contributed by atoms with Gasteiger partial charge in [-0.2, -0.15) is 4.98 Å². The van der Waals surface area contributed by atoms with Crippen molar-refractivity contribution in [1.82, 2.24) is 15.0 Å². The second kappa shape index (κ2) is 6.69. The molecule has 6 heteroatoms. The molecule has 126 valence electrons. The van der Waals surface area contributed by atoms with Crippen LogP contribution in [0, 0.1) is 0 Å². The molecule has 1 aliphatic rings. The lowest BCUT2D eigenvalue weighted by Gasteiger charge is -2.16. The van der Waals surface area contributed by atoms with E-state index in [0.717, 1.165) is 11.1 Å². The van der Waals surface area contributed by atoms with Gasteiger partial charge in [0.05, 0.1) is 5.92 Å². The molecule has 3 aromatic rings. The molecule has 1 atom stereocenters. The van der Waals surface area contributed by atoms with Crippen LogP contribution in [0.4, 0.5) is 0 Å². The predicted molar refractivity (Wildman–Crippen MR) is 94.0 cm³/mol. The lowest BCUT2D eigenvalue weighted by molar-refractivity contribution is -0.128. The Bertz CT molecular complexity index is 894. The summed E-state index contributed by atoms with van der Waals surface area (Å²) in [6.07, 6.45) is 0.386. The van der Waals surface area contributed by atoms with Crippen LogP contribution in [0.1, 0.15) is 23.8 Å². The molecule has 0 aliphatic carbocycles. The molecular weight excluding hydrogens is 338 g/mol. The Morgan fingerprint density at radius 3 is 2.80 bits per heavy atom. The van der Waals surface area contributed by atoms with Gasteiger partial charge in [0.25, 0.3) is 0 Å². The first-order valence-corrected chi connectivity index (χ1v) is 8.48. The molecule has 25 heavy (non-hydrogen) atoms. The van der Waals surface area contributed by atoms with E-state index in [1.807, 2.05) is 59.5 Å². The SMILES string of the molecule is O=C1CC(c2nc(-c3ccccc3)no2)CN1Cc1cccc(Cl)c1. The monoisotopic (exact) mass is 353 g/mol. The summed E-state index contributed by atoms with van der Waals surface area (Å²) in [5.41, 5.74) is 1.91. The predicted octanol–water partition coefficient (Wildman–Crippen LogP) is 3.91. The van der Waals surface area contributed by atoms with Crippen LogP contribution in [-0.2, 0) is 11.3 Å². The Morgan fingerprint density at radius 2 is 2.00 bits per heavy atom. The molecule has 1 aromatic heterocycles. The van der Waals surface area contributed by atoms with Crippen LogP contribution in [-0.4, -0.2) is 27.5 Å². The van der Waals surface area contributed by atoms with Crippen molar-refractivity contribution < 1.29 is 9.32 Å². The highest BCUT2D eigenvalue weighted by Crippen LogP contribution is 2.29. The van der Waals surface area contributed by atoms with Crippen molar-refractivity contribution in [3.63, 3.8) is 0 Å². The van der Waals surface area contributed by atoms with Gasteiger partial charge in [0.2, 0.25) is 17.6 Å². The van der Waals surface area contributed by atoms with Gasteiger partial charge in [-0.1, -0.05) is 59.2 Å². The molecular formula is C19H16ClN3O2. The van der Waals surface area contributed by atoms with Crippen LogP contribution >= 0.6 is 11.6 Å². The number of carbonyl (C=O) groups is 1. The van der Waals surface area contributed by atoms with E-state index in [1.165, 1.54) is 0 Å². The minimum atomic E-state index is -0.0725. The van der Waals surface area contributed by atoms with Gasteiger partial charge in [-0.25, -0.2) is 0 Å². The van der Waals surface area contributed by atoms with Crippen molar-refractivity contribution in [2.75, 3.05) is 6.54 Å². The minimum absolute atomic E-state index is 0.0725. The number of nitrogens with zero attached hydrogens (tertiary/aromatic N) is 3. The molecule has 5 nitrogen and oxygen atoms in total. The largest absolute Gasteiger partial charge is 0.339 e. The average molecular weight is 354 g/mol. The van der Waals surface area contributed by atoms with E-state index in [9.17, 15) is 4.79 Å². The first-order valence-electron chi connectivity index (χ1n) is 8.10. The quantitative estimate of drug-likeness (QED) is 0.713. The molecule has 0 spiro atoms. The van der Waals surface area contributed by atoms with E-state index in [-0.39, 0.29) is 11.8 Å². The summed E-state index contributed by atoms with van der Waals surface area (Å²) in [6, 6.07) is 17.2. The van der Waals surface area contributed by atoms with Crippen LogP contribution in [0.25, 0.3) is 11.4 Å². The summed E-state index contributed by atoms with van der Waals surface area (Å²) in [6.45, 7) is 1.11. The van der Waals surface area contributed by atoms with Gasteiger partial charge in [0, 0.05) is 30.1 Å². The molecule has 0 bridgehead atoms. The zero-order valence-electron chi connectivity index (χ0n) is 13.4. The van der Waals surface area contributed by atoms with Crippen molar-refractivity contribution in [1.29, 1.82) is 0 Å². The van der Waals surface area contributed by atoms with Crippen LogP contribution in [0.3, 0.4) is 0 Å². The zero-order chi connectivity index (χ0) is 17.2. The molecule has 1 amide bonds. The number of benzene rings is 2. The maximum atomic E-state index is 12.3. The van der Waals surface area contributed by atoms with E-state index in [4.69, 9.17) is 16.1 Å². The summed E-state index contributed by atoms with van der Waals surface area (Å²) < 4.78 is 5.41. The molecule has 0 saturated carbocycles. The Kier molecular flexibility index (Phi) is 4.24. The fraction of sp³-hybridized carbons (Fsp3) is 0.211. The minimum Gasteiger partial charge on any atom is -0.339 e. The van der Waals surface area contributed by atoms with Gasteiger partial charge < -0.3 is 9.42 Å². The molecule has 1 fully saturated rings. The highest BCUT2D eigenvalue weighted by Gasteiger charge is 2.34. The van der Waals surface area contributed by atoms with Crippen molar-refractivity contribution in [3.8, 4) is 11.4 Å². The number of aromatic nitrogens is 2. The van der Waals surface area contributed by atoms with Gasteiger partial charge in [0.15, 0.2) is 0 Å². The maximum absolute atomic E-state index is 12.3. The third-order valence-electron chi connectivity index (χ3n) is 4.30. The summed E-state index contributed by atoms with van der Waals surface area (Å²) in [5.74, 6) is 1.08. The van der Waals surface area contributed by atoms with Crippen molar-refractivity contribution >= 4 is 17.5 Å². The van der Waals surface area contributed by atoms with Crippen molar-refractivity contribution in [2.24, 2.45) is 0 Å². The molecule has 1 saturated heterocycles. The van der Waals surface area contributed by atoms with Crippen LogP contribution in [0.2, 0.25) is 5.02 Å². The second-order valence-electron chi connectivity index (χ2n) is 6.13. The van der Waals surface area contributed by atoms with E-state index in [2.05, 4.69) is 10.1 Å². The number of rotatable bonds is 4. The van der Waals surface area contributed by atoms with Crippen molar-refractivity contribution in [2.45, 2.75) is 18.9 Å². The van der Waals surface area contributed by atoms with Gasteiger partial charge >= 0.3 is 0 Å². The number of amides is 1. The summed E-state index contributed by atoms with van der Waals surface area (Å²) in [4.78, 5) is 18.6.